The smallest absolute Gasteiger partial charge is 0.404 e. The van der Waals surface area contributed by atoms with Crippen LogP contribution in [0.25, 0.3) is 0 Å². The van der Waals surface area contributed by atoms with E-state index in [4.69, 9.17) is 21.1 Å². The third-order valence-electron chi connectivity index (χ3n) is 1.98. The van der Waals surface area contributed by atoms with Crippen molar-refractivity contribution in [2.24, 2.45) is 0 Å². The number of ether oxygens (including phenoxy) is 1. The second-order valence-electron chi connectivity index (χ2n) is 3.17. The predicted molar refractivity (Wildman–Crippen MR) is 56.8 cm³/mol. The van der Waals surface area contributed by atoms with Gasteiger partial charge < -0.3 is 9.84 Å². The molecule has 0 heterocycles. The molecule has 0 unspecified atom stereocenters. The summed E-state index contributed by atoms with van der Waals surface area (Å²) in [5.74, 6) is -1.20. The Morgan fingerprint density at radius 3 is 2.37 bits per heavy atom. The fraction of sp³-hybridized carbons (Fsp3) is 0.222. The number of rotatable bonds is 3. The van der Waals surface area contributed by atoms with Gasteiger partial charge in [-0.15, -0.1) is 13.2 Å². The zero-order valence-electron chi connectivity index (χ0n) is 8.90. The van der Waals surface area contributed by atoms with Gasteiger partial charge in [-0.3, -0.25) is 0 Å². The second-order valence-corrected chi connectivity index (χ2v) is 5.71. The van der Waals surface area contributed by atoms with Crippen molar-refractivity contribution in [1.82, 2.24) is 0 Å². The summed E-state index contributed by atoms with van der Waals surface area (Å²) in [6.45, 7) is -1.02. The summed E-state index contributed by atoms with van der Waals surface area (Å²) in [7, 11) is 0.441. The first-order chi connectivity index (χ1) is 8.60. The number of aliphatic hydroxyl groups excluding tert-OH is 1. The molecule has 0 aliphatic heterocycles. The van der Waals surface area contributed by atoms with Crippen LogP contribution < -0.4 is 4.74 Å². The first-order valence-corrected chi connectivity index (χ1v) is 6.78. The van der Waals surface area contributed by atoms with Crippen molar-refractivity contribution in [2.75, 3.05) is 0 Å². The van der Waals surface area contributed by atoms with Crippen molar-refractivity contribution in [1.29, 1.82) is 5.26 Å². The lowest BCUT2D eigenvalue weighted by molar-refractivity contribution is -0.276. The number of halogens is 4. The summed E-state index contributed by atoms with van der Waals surface area (Å²) in [6.07, 6.45) is -5.20. The predicted octanol–water partition coefficient (Wildman–Crippen LogP) is 1.88. The van der Waals surface area contributed by atoms with Gasteiger partial charge in [0.1, 0.15) is 4.90 Å². The van der Waals surface area contributed by atoms with Gasteiger partial charge in [-0.1, -0.05) is 0 Å². The molecular formula is C9H5ClF3NO4S. The Labute approximate surface area is 110 Å². The van der Waals surface area contributed by atoms with Crippen LogP contribution in [0.1, 0.15) is 11.1 Å². The lowest BCUT2D eigenvalue weighted by Gasteiger charge is -2.15. The quantitative estimate of drug-likeness (QED) is 0.860. The molecule has 5 nitrogen and oxygen atoms in total. The standard InChI is InChI=1S/C9H5ClF3NO4S/c10-19(16,17)7-2-1-5(3-14)6(4-15)8(7)18-9(11,12)13/h1-2,15H,4H2. The summed E-state index contributed by atoms with van der Waals surface area (Å²) < 4.78 is 62.6. The van der Waals surface area contributed by atoms with Gasteiger partial charge in [-0.2, -0.15) is 5.26 Å². The van der Waals surface area contributed by atoms with E-state index in [1.807, 2.05) is 0 Å². The molecule has 0 saturated heterocycles. The molecule has 19 heavy (non-hydrogen) atoms. The number of hydrogen-bond donors (Lipinski definition) is 1. The Kier molecular flexibility index (Phi) is 4.29. The average molecular weight is 316 g/mol. The monoisotopic (exact) mass is 315 g/mol. The molecule has 1 N–H and O–H groups in total. The molecule has 0 amide bonds. The Bertz CT molecular complexity index is 636. The fourth-order valence-electron chi connectivity index (χ4n) is 1.29. The largest absolute Gasteiger partial charge is 0.573 e. The van der Waals surface area contributed by atoms with E-state index in [-0.39, 0.29) is 5.56 Å². The molecule has 0 saturated carbocycles. The highest BCUT2D eigenvalue weighted by Crippen LogP contribution is 2.36. The summed E-state index contributed by atoms with van der Waals surface area (Å²) in [6, 6.07) is 3.12. The van der Waals surface area contributed by atoms with E-state index in [0.29, 0.717) is 6.07 Å². The van der Waals surface area contributed by atoms with E-state index in [0.717, 1.165) is 6.07 Å². The van der Waals surface area contributed by atoms with Crippen LogP contribution in [-0.2, 0) is 15.7 Å². The van der Waals surface area contributed by atoms with Crippen LogP contribution in [0.2, 0.25) is 0 Å². The molecule has 0 atom stereocenters. The zero-order valence-corrected chi connectivity index (χ0v) is 10.5. The lowest BCUT2D eigenvalue weighted by Crippen LogP contribution is -2.20. The number of nitrogens with zero attached hydrogens (tertiary/aromatic N) is 1. The van der Waals surface area contributed by atoms with Gasteiger partial charge in [0, 0.05) is 16.2 Å². The molecular weight excluding hydrogens is 311 g/mol. The number of benzene rings is 1. The third-order valence-corrected chi connectivity index (χ3v) is 3.33. The van der Waals surface area contributed by atoms with Gasteiger partial charge in [0.25, 0.3) is 9.05 Å². The van der Waals surface area contributed by atoms with E-state index in [2.05, 4.69) is 4.74 Å². The fourth-order valence-corrected chi connectivity index (χ4v) is 2.27. The SMILES string of the molecule is N#Cc1ccc(S(=O)(=O)Cl)c(OC(F)(F)F)c1CO. The van der Waals surface area contributed by atoms with E-state index < -0.39 is 38.2 Å². The highest BCUT2D eigenvalue weighted by molar-refractivity contribution is 8.13. The van der Waals surface area contributed by atoms with Crippen LogP contribution in [0.4, 0.5) is 13.2 Å². The summed E-state index contributed by atoms with van der Waals surface area (Å²) in [5.41, 5.74) is -0.965. The van der Waals surface area contributed by atoms with Crippen LogP contribution >= 0.6 is 10.7 Å². The Morgan fingerprint density at radius 2 is 2.00 bits per heavy atom. The minimum absolute atomic E-state index is 0.356. The number of alkyl halides is 3. The first-order valence-electron chi connectivity index (χ1n) is 4.47. The van der Waals surface area contributed by atoms with Gasteiger partial charge in [0.2, 0.25) is 0 Å². The van der Waals surface area contributed by atoms with E-state index in [1.54, 1.807) is 0 Å². The minimum atomic E-state index is -5.20. The number of nitriles is 1. The average Bonchev–Trinajstić information content (AvgIpc) is 2.24. The Morgan fingerprint density at radius 1 is 1.42 bits per heavy atom. The number of hydrogen-bond acceptors (Lipinski definition) is 5. The maximum Gasteiger partial charge on any atom is 0.573 e. The maximum atomic E-state index is 12.2. The van der Waals surface area contributed by atoms with Gasteiger partial charge in [0.15, 0.2) is 5.75 Å². The summed E-state index contributed by atoms with van der Waals surface area (Å²) in [5, 5.41) is 17.7. The highest BCUT2D eigenvalue weighted by Gasteiger charge is 2.35. The molecule has 104 valence electrons. The minimum Gasteiger partial charge on any atom is -0.404 e. The second kappa shape index (κ2) is 5.24. The van der Waals surface area contributed by atoms with Crippen LogP contribution in [-0.4, -0.2) is 19.9 Å². The third kappa shape index (κ3) is 3.73. The maximum absolute atomic E-state index is 12.2. The van der Waals surface area contributed by atoms with Gasteiger partial charge in [0.05, 0.1) is 18.2 Å². The molecule has 0 bridgehead atoms. The Balaban J connectivity index is 3.65. The normalized spacial score (nSPS) is 12.0. The van der Waals surface area contributed by atoms with E-state index >= 15 is 0 Å². The van der Waals surface area contributed by atoms with Crippen molar-refractivity contribution >= 4 is 19.7 Å². The van der Waals surface area contributed by atoms with Gasteiger partial charge in [-0.05, 0) is 12.1 Å². The zero-order chi connectivity index (χ0) is 14.8. The molecule has 1 rings (SSSR count). The molecule has 10 heteroatoms. The molecule has 1 aromatic carbocycles. The van der Waals surface area contributed by atoms with Gasteiger partial charge >= 0.3 is 6.36 Å². The highest BCUT2D eigenvalue weighted by atomic mass is 35.7. The molecule has 1 aromatic rings. The molecule has 0 aromatic heterocycles. The molecule has 0 aliphatic carbocycles. The summed E-state index contributed by atoms with van der Waals surface area (Å²) in [4.78, 5) is -0.977. The van der Waals surface area contributed by atoms with Crippen LogP contribution in [0.5, 0.6) is 5.75 Å². The Hall–Kier alpha value is -1.50. The molecule has 0 spiro atoms. The van der Waals surface area contributed by atoms with Crippen LogP contribution in [0.15, 0.2) is 17.0 Å². The van der Waals surface area contributed by atoms with E-state index in [9.17, 15) is 21.6 Å². The molecule has 0 radical (unpaired) electrons. The topological polar surface area (TPSA) is 87.4 Å². The first kappa shape index (κ1) is 15.6. The summed E-state index contributed by atoms with van der Waals surface area (Å²) >= 11 is 0. The number of aliphatic hydroxyl groups is 1. The van der Waals surface area contributed by atoms with Crippen molar-refractivity contribution in [2.45, 2.75) is 17.9 Å². The lowest BCUT2D eigenvalue weighted by atomic mass is 10.1. The van der Waals surface area contributed by atoms with Crippen LogP contribution in [0, 0.1) is 11.3 Å². The molecule has 0 aliphatic rings. The van der Waals surface area contributed by atoms with Crippen LogP contribution in [0.3, 0.4) is 0 Å². The van der Waals surface area contributed by atoms with Gasteiger partial charge in [-0.25, -0.2) is 8.42 Å². The van der Waals surface area contributed by atoms with Crippen molar-refractivity contribution < 1.29 is 31.4 Å². The van der Waals surface area contributed by atoms with Crippen molar-refractivity contribution in [3.63, 3.8) is 0 Å². The van der Waals surface area contributed by atoms with Crippen molar-refractivity contribution in [3.05, 3.63) is 23.3 Å². The molecule has 0 fully saturated rings. The van der Waals surface area contributed by atoms with Crippen molar-refractivity contribution in [3.8, 4) is 11.8 Å². The van der Waals surface area contributed by atoms with E-state index in [1.165, 1.54) is 6.07 Å².